The molecule has 17 heavy (non-hydrogen) atoms. The molecule has 2 heterocycles. The minimum atomic E-state index is -0.722. The molecule has 4 heteroatoms. The van der Waals surface area contributed by atoms with Crippen LogP contribution in [0.2, 0.25) is 0 Å². The first-order valence-corrected chi connectivity index (χ1v) is 6.08. The lowest BCUT2D eigenvalue weighted by Gasteiger charge is -2.35. The molecule has 2 rings (SSSR count). The standard InChI is InChI=1S/C13H19NO3/c1-9-5-6-14(12(7-9)13(15)16)8-11-4-3-10(2)17-11/h3-4,9,12H,5-8H2,1-2H3,(H,15,16). The van der Waals surface area contributed by atoms with E-state index in [1.807, 2.05) is 24.0 Å². The smallest absolute Gasteiger partial charge is 0.320 e. The molecule has 0 saturated carbocycles. The Labute approximate surface area is 101 Å². The molecule has 94 valence electrons. The second-order valence-electron chi connectivity index (χ2n) is 4.97. The van der Waals surface area contributed by atoms with E-state index >= 15 is 0 Å². The van der Waals surface area contributed by atoms with Crippen LogP contribution in [0.25, 0.3) is 0 Å². The second kappa shape index (κ2) is 4.92. The van der Waals surface area contributed by atoms with Gasteiger partial charge in [-0.2, -0.15) is 0 Å². The number of hydrogen-bond acceptors (Lipinski definition) is 3. The SMILES string of the molecule is Cc1ccc(CN2CCC(C)CC2C(=O)O)o1. The molecule has 0 aromatic carbocycles. The number of likely N-dealkylation sites (tertiary alicyclic amines) is 1. The van der Waals surface area contributed by atoms with Crippen LogP contribution < -0.4 is 0 Å². The third kappa shape index (κ3) is 2.88. The van der Waals surface area contributed by atoms with Crippen LogP contribution in [0.5, 0.6) is 0 Å². The highest BCUT2D eigenvalue weighted by molar-refractivity contribution is 5.73. The molecule has 1 saturated heterocycles. The van der Waals surface area contributed by atoms with Crippen molar-refractivity contribution in [1.82, 2.24) is 4.90 Å². The van der Waals surface area contributed by atoms with Crippen LogP contribution in [-0.2, 0) is 11.3 Å². The minimum absolute atomic E-state index is 0.371. The first kappa shape index (κ1) is 12.2. The summed E-state index contributed by atoms with van der Waals surface area (Å²) in [6.45, 7) is 5.44. The average Bonchev–Trinajstić information content (AvgIpc) is 2.66. The van der Waals surface area contributed by atoms with Crippen molar-refractivity contribution in [1.29, 1.82) is 0 Å². The molecule has 0 bridgehead atoms. The first-order valence-electron chi connectivity index (χ1n) is 6.08. The van der Waals surface area contributed by atoms with Gasteiger partial charge in [0.05, 0.1) is 6.54 Å². The second-order valence-corrected chi connectivity index (χ2v) is 4.97. The number of rotatable bonds is 3. The maximum atomic E-state index is 11.2. The molecule has 4 nitrogen and oxygen atoms in total. The molecular formula is C13H19NO3. The summed E-state index contributed by atoms with van der Waals surface area (Å²) in [4.78, 5) is 13.2. The number of hydrogen-bond donors (Lipinski definition) is 1. The molecule has 1 N–H and O–H groups in total. The number of piperidine rings is 1. The zero-order chi connectivity index (χ0) is 12.4. The lowest BCUT2D eigenvalue weighted by molar-refractivity contribution is -0.145. The third-order valence-corrected chi connectivity index (χ3v) is 3.42. The van der Waals surface area contributed by atoms with Crippen LogP contribution >= 0.6 is 0 Å². The van der Waals surface area contributed by atoms with Gasteiger partial charge in [0.2, 0.25) is 0 Å². The number of carboxylic acid groups (broad SMARTS) is 1. The van der Waals surface area contributed by atoms with Gasteiger partial charge in [0, 0.05) is 0 Å². The summed E-state index contributed by atoms with van der Waals surface area (Å²) >= 11 is 0. The highest BCUT2D eigenvalue weighted by atomic mass is 16.4. The Hall–Kier alpha value is -1.29. The van der Waals surface area contributed by atoms with Gasteiger partial charge in [-0.15, -0.1) is 0 Å². The Morgan fingerprint density at radius 1 is 1.59 bits per heavy atom. The van der Waals surface area contributed by atoms with Gasteiger partial charge >= 0.3 is 5.97 Å². The summed E-state index contributed by atoms with van der Waals surface area (Å²) in [7, 11) is 0. The third-order valence-electron chi connectivity index (χ3n) is 3.42. The van der Waals surface area contributed by atoms with Crippen LogP contribution in [0.3, 0.4) is 0 Å². The molecule has 0 spiro atoms. The monoisotopic (exact) mass is 237 g/mol. The van der Waals surface area contributed by atoms with Gasteiger partial charge in [-0.05, 0) is 44.4 Å². The van der Waals surface area contributed by atoms with Gasteiger partial charge < -0.3 is 9.52 Å². The van der Waals surface area contributed by atoms with Gasteiger partial charge in [-0.3, -0.25) is 9.69 Å². The van der Waals surface area contributed by atoms with Gasteiger partial charge in [0.15, 0.2) is 0 Å². The van der Waals surface area contributed by atoms with Crippen LogP contribution in [0, 0.1) is 12.8 Å². The predicted molar refractivity (Wildman–Crippen MR) is 63.7 cm³/mol. The van der Waals surface area contributed by atoms with Crippen molar-refractivity contribution in [2.75, 3.05) is 6.54 Å². The Kier molecular flexibility index (Phi) is 3.52. The van der Waals surface area contributed by atoms with E-state index in [1.165, 1.54) is 0 Å². The fraction of sp³-hybridized carbons (Fsp3) is 0.615. The number of aliphatic carboxylic acids is 1. The van der Waals surface area contributed by atoms with E-state index < -0.39 is 5.97 Å². The normalized spacial score (nSPS) is 26.0. The summed E-state index contributed by atoms with van der Waals surface area (Å²) in [5.41, 5.74) is 0. The van der Waals surface area contributed by atoms with Crippen LogP contribution in [0.4, 0.5) is 0 Å². The van der Waals surface area contributed by atoms with Crippen molar-refractivity contribution >= 4 is 5.97 Å². The fourth-order valence-corrected chi connectivity index (χ4v) is 2.41. The van der Waals surface area contributed by atoms with E-state index in [1.54, 1.807) is 0 Å². The lowest BCUT2D eigenvalue weighted by atomic mass is 9.92. The zero-order valence-corrected chi connectivity index (χ0v) is 10.3. The molecule has 1 aliphatic rings. The van der Waals surface area contributed by atoms with Crippen molar-refractivity contribution in [3.05, 3.63) is 23.7 Å². The Morgan fingerprint density at radius 2 is 2.35 bits per heavy atom. The summed E-state index contributed by atoms with van der Waals surface area (Å²) in [5, 5.41) is 9.24. The van der Waals surface area contributed by atoms with E-state index in [0.29, 0.717) is 12.5 Å². The lowest BCUT2D eigenvalue weighted by Crippen LogP contribution is -2.46. The molecule has 0 amide bonds. The summed E-state index contributed by atoms with van der Waals surface area (Å²) in [6.07, 6.45) is 1.79. The van der Waals surface area contributed by atoms with Crippen molar-refractivity contribution in [2.45, 2.75) is 39.3 Å². The maximum absolute atomic E-state index is 11.2. The fourth-order valence-electron chi connectivity index (χ4n) is 2.41. The number of aryl methyl sites for hydroxylation is 1. The molecule has 2 atom stereocenters. The van der Waals surface area contributed by atoms with Crippen LogP contribution in [0.1, 0.15) is 31.3 Å². The van der Waals surface area contributed by atoms with Crippen molar-refractivity contribution in [3.63, 3.8) is 0 Å². The topological polar surface area (TPSA) is 53.7 Å². The molecular weight excluding hydrogens is 218 g/mol. The minimum Gasteiger partial charge on any atom is -0.480 e. The number of furan rings is 1. The van der Waals surface area contributed by atoms with E-state index in [2.05, 4.69) is 6.92 Å². The highest BCUT2D eigenvalue weighted by Crippen LogP contribution is 2.24. The molecule has 1 aromatic heterocycles. The molecule has 1 fully saturated rings. The molecule has 1 aromatic rings. The zero-order valence-electron chi connectivity index (χ0n) is 10.3. The number of nitrogens with zero attached hydrogens (tertiary/aromatic N) is 1. The predicted octanol–water partition coefficient (Wildman–Crippen LogP) is 2.27. The molecule has 1 aliphatic heterocycles. The van der Waals surface area contributed by atoms with E-state index in [9.17, 15) is 9.90 Å². The highest BCUT2D eigenvalue weighted by Gasteiger charge is 2.31. The van der Waals surface area contributed by atoms with E-state index in [-0.39, 0.29) is 6.04 Å². The van der Waals surface area contributed by atoms with Gasteiger partial charge in [-0.25, -0.2) is 0 Å². The summed E-state index contributed by atoms with van der Waals surface area (Å²) in [5.74, 6) is 1.49. The maximum Gasteiger partial charge on any atom is 0.320 e. The molecule has 2 unspecified atom stereocenters. The van der Waals surface area contributed by atoms with Crippen molar-refractivity contribution < 1.29 is 14.3 Å². The van der Waals surface area contributed by atoms with Gasteiger partial charge in [0.1, 0.15) is 17.6 Å². The van der Waals surface area contributed by atoms with E-state index in [4.69, 9.17) is 4.42 Å². The van der Waals surface area contributed by atoms with Crippen molar-refractivity contribution in [3.8, 4) is 0 Å². The Balaban J connectivity index is 2.05. The summed E-state index contributed by atoms with van der Waals surface area (Å²) in [6, 6.07) is 3.47. The van der Waals surface area contributed by atoms with Gasteiger partial charge in [-0.1, -0.05) is 6.92 Å². The molecule has 0 radical (unpaired) electrons. The summed E-state index contributed by atoms with van der Waals surface area (Å²) < 4.78 is 5.51. The van der Waals surface area contributed by atoms with Crippen LogP contribution in [0.15, 0.2) is 16.5 Å². The quantitative estimate of drug-likeness (QED) is 0.876. The largest absolute Gasteiger partial charge is 0.480 e. The van der Waals surface area contributed by atoms with Crippen LogP contribution in [-0.4, -0.2) is 28.6 Å². The number of carbonyl (C=O) groups is 1. The molecule has 0 aliphatic carbocycles. The Bertz CT molecular complexity index is 399. The van der Waals surface area contributed by atoms with Crippen molar-refractivity contribution in [2.24, 2.45) is 5.92 Å². The average molecular weight is 237 g/mol. The first-order chi connectivity index (χ1) is 8.06. The number of carboxylic acids is 1. The van der Waals surface area contributed by atoms with E-state index in [0.717, 1.165) is 30.9 Å². The Morgan fingerprint density at radius 3 is 2.94 bits per heavy atom. The van der Waals surface area contributed by atoms with Gasteiger partial charge in [0.25, 0.3) is 0 Å².